The number of aliphatic carboxylic acids is 1. The quantitative estimate of drug-likeness (QED) is 0.699. The molecule has 1 unspecified atom stereocenters. The summed E-state index contributed by atoms with van der Waals surface area (Å²) in [6.07, 6.45) is 2.96. The van der Waals surface area contributed by atoms with Crippen LogP contribution in [0.25, 0.3) is 0 Å². The molecule has 114 valence electrons. The van der Waals surface area contributed by atoms with E-state index in [-0.39, 0.29) is 5.78 Å². The van der Waals surface area contributed by atoms with Crippen LogP contribution in [0.2, 0.25) is 0 Å². The molecule has 1 aliphatic heterocycles. The maximum Gasteiger partial charge on any atom is 0.323 e. The van der Waals surface area contributed by atoms with Crippen molar-refractivity contribution in [3.05, 3.63) is 58.9 Å². The topological polar surface area (TPSA) is 59.3 Å². The summed E-state index contributed by atoms with van der Waals surface area (Å²) in [6.45, 7) is 4.59. The van der Waals surface area contributed by atoms with Gasteiger partial charge in [0.25, 0.3) is 0 Å². The standard InChI is InChI=1S/C18H19NO3/c1-12-5-3-6-14(9-12)16(20)18(17(21)22)7-4-8-19-11-13(2)10-15(18)19/h3,5-6,9-11H,4,7-8H2,1-2H3,(H,21,22). The predicted octanol–water partition coefficient (Wildman–Crippen LogP) is 3.10. The fourth-order valence-electron chi connectivity index (χ4n) is 3.42. The minimum Gasteiger partial charge on any atom is -0.480 e. The molecule has 3 rings (SSSR count). The molecule has 22 heavy (non-hydrogen) atoms. The Morgan fingerprint density at radius 2 is 1.95 bits per heavy atom. The second-order valence-corrected chi connectivity index (χ2v) is 6.11. The van der Waals surface area contributed by atoms with E-state index in [9.17, 15) is 14.7 Å². The summed E-state index contributed by atoms with van der Waals surface area (Å²) in [7, 11) is 0. The number of ketones is 1. The number of carboxylic acid groups (broad SMARTS) is 1. The SMILES string of the molecule is Cc1cccc(C(=O)C2(C(=O)O)CCCn3cc(C)cc32)c1. The molecule has 4 heteroatoms. The van der Waals surface area contributed by atoms with Crippen LogP contribution in [0.1, 0.15) is 40.0 Å². The number of aromatic nitrogens is 1. The van der Waals surface area contributed by atoms with Crippen LogP contribution in [-0.2, 0) is 16.8 Å². The molecule has 1 aromatic carbocycles. The van der Waals surface area contributed by atoms with Crippen molar-refractivity contribution in [3.63, 3.8) is 0 Å². The summed E-state index contributed by atoms with van der Waals surface area (Å²) >= 11 is 0. The van der Waals surface area contributed by atoms with Gasteiger partial charge in [0.15, 0.2) is 11.2 Å². The smallest absolute Gasteiger partial charge is 0.323 e. The summed E-state index contributed by atoms with van der Waals surface area (Å²) in [5.41, 5.74) is 1.54. The van der Waals surface area contributed by atoms with E-state index in [4.69, 9.17) is 0 Å². The number of aryl methyl sites for hydroxylation is 3. The molecule has 1 N–H and O–H groups in total. The number of hydrogen-bond acceptors (Lipinski definition) is 2. The lowest BCUT2D eigenvalue weighted by molar-refractivity contribution is -0.142. The minimum absolute atomic E-state index is 0.317. The number of rotatable bonds is 3. The number of carbonyl (C=O) groups is 2. The lowest BCUT2D eigenvalue weighted by atomic mass is 9.72. The van der Waals surface area contributed by atoms with Gasteiger partial charge in [-0.15, -0.1) is 0 Å². The van der Waals surface area contributed by atoms with Crippen molar-refractivity contribution in [1.82, 2.24) is 4.57 Å². The van der Waals surface area contributed by atoms with E-state index in [0.717, 1.165) is 17.7 Å². The van der Waals surface area contributed by atoms with E-state index >= 15 is 0 Å². The van der Waals surface area contributed by atoms with Crippen molar-refractivity contribution in [3.8, 4) is 0 Å². The molecule has 0 saturated heterocycles. The molecule has 2 aromatic rings. The lowest BCUT2D eigenvalue weighted by Gasteiger charge is -2.33. The summed E-state index contributed by atoms with van der Waals surface area (Å²) in [5.74, 6) is -1.37. The van der Waals surface area contributed by atoms with Crippen LogP contribution in [0.4, 0.5) is 0 Å². The first-order valence-corrected chi connectivity index (χ1v) is 7.47. The highest BCUT2D eigenvalue weighted by Gasteiger charge is 2.51. The maximum absolute atomic E-state index is 13.1. The van der Waals surface area contributed by atoms with Gasteiger partial charge in [-0.3, -0.25) is 9.59 Å². The number of Topliss-reactive ketones (excluding diaryl/α,β-unsaturated/α-hetero) is 1. The third kappa shape index (κ3) is 2.06. The average molecular weight is 297 g/mol. The minimum atomic E-state index is -1.47. The number of hydrogen-bond donors (Lipinski definition) is 1. The Labute approximate surface area is 129 Å². The second-order valence-electron chi connectivity index (χ2n) is 6.11. The Morgan fingerprint density at radius 1 is 1.18 bits per heavy atom. The van der Waals surface area contributed by atoms with E-state index in [2.05, 4.69) is 0 Å². The molecule has 0 spiro atoms. The molecule has 0 bridgehead atoms. The van der Waals surface area contributed by atoms with Gasteiger partial charge in [0, 0.05) is 24.0 Å². The van der Waals surface area contributed by atoms with Crippen LogP contribution in [0.3, 0.4) is 0 Å². The Morgan fingerprint density at radius 3 is 2.64 bits per heavy atom. The third-order valence-electron chi connectivity index (χ3n) is 4.45. The monoisotopic (exact) mass is 297 g/mol. The molecule has 4 nitrogen and oxygen atoms in total. The number of carboxylic acids is 1. The van der Waals surface area contributed by atoms with Crippen molar-refractivity contribution in [2.24, 2.45) is 0 Å². The average Bonchev–Trinajstić information content (AvgIpc) is 2.86. The Bertz CT molecular complexity index is 759. The summed E-state index contributed by atoms with van der Waals surface area (Å²) in [6, 6.07) is 9.00. The Hall–Kier alpha value is -2.36. The molecule has 1 aromatic heterocycles. The van der Waals surface area contributed by atoms with Gasteiger partial charge >= 0.3 is 5.97 Å². The lowest BCUT2D eigenvalue weighted by Crippen LogP contribution is -2.47. The highest BCUT2D eigenvalue weighted by Crippen LogP contribution is 2.38. The number of nitrogens with zero attached hydrogens (tertiary/aromatic N) is 1. The van der Waals surface area contributed by atoms with Crippen LogP contribution in [-0.4, -0.2) is 21.4 Å². The van der Waals surface area contributed by atoms with Crippen molar-refractivity contribution in [1.29, 1.82) is 0 Å². The summed E-state index contributed by atoms with van der Waals surface area (Å²) in [5, 5.41) is 9.91. The van der Waals surface area contributed by atoms with Crippen LogP contribution in [0, 0.1) is 13.8 Å². The number of fused-ring (bicyclic) bond motifs is 1. The van der Waals surface area contributed by atoms with Gasteiger partial charge in [-0.1, -0.05) is 23.8 Å². The van der Waals surface area contributed by atoms with Crippen molar-refractivity contribution >= 4 is 11.8 Å². The predicted molar refractivity (Wildman–Crippen MR) is 83.2 cm³/mol. The Kier molecular flexibility index (Phi) is 3.39. The molecule has 0 amide bonds. The molecule has 0 saturated carbocycles. The molecule has 0 radical (unpaired) electrons. The van der Waals surface area contributed by atoms with E-state index in [1.807, 2.05) is 36.7 Å². The van der Waals surface area contributed by atoms with Gasteiger partial charge in [-0.2, -0.15) is 0 Å². The molecule has 1 atom stereocenters. The normalized spacial score (nSPS) is 20.5. The van der Waals surface area contributed by atoms with Crippen LogP contribution < -0.4 is 0 Å². The van der Waals surface area contributed by atoms with Gasteiger partial charge < -0.3 is 9.67 Å². The third-order valence-corrected chi connectivity index (χ3v) is 4.45. The molecule has 1 aliphatic rings. The molecule has 0 aliphatic carbocycles. The summed E-state index contributed by atoms with van der Waals surface area (Å²) < 4.78 is 1.92. The molecular formula is C18H19NO3. The van der Waals surface area contributed by atoms with Crippen LogP contribution in [0.15, 0.2) is 36.5 Å². The number of carbonyl (C=O) groups excluding carboxylic acids is 1. The molecular weight excluding hydrogens is 278 g/mol. The van der Waals surface area contributed by atoms with Gasteiger partial charge in [-0.25, -0.2) is 0 Å². The van der Waals surface area contributed by atoms with E-state index in [0.29, 0.717) is 24.1 Å². The van der Waals surface area contributed by atoms with E-state index < -0.39 is 11.4 Å². The van der Waals surface area contributed by atoms with Gasteiger partial charge in [-0.05, 0) is 44.4 Å². The largest absolute Gasteiger partial charge is 0.480 e. The number of benzene rings is 1. The molecule has 0 fully saturated rings. The van der Waals surface area contributed by atoms with E-state index in [1.54, 1.807) is 18.2 Å². The van der Waals surface area contributed by atoms with Crippen molar-refractivity contribution in [2.75, 3.05) is 0 Å². The van der Waals surface area contributed by atoms with Crippen LogP contribution in [0.5, 0.6) is 0 Å². The van der Waals surface area contributed by atoms with Crippen molar-refractivity contribution < 1.29 is 14.7 Å². The highest BCUT2D eigenvalue weighted by atomic mass is 16.4. The van der Waals surface area contributed by atoms with E-state index in [1.165, 1.54) is 0 Å². The zero-order valence-corrected chi connectivity index (χ0v) is 12.8. The second kappa shape index (κ2) is 5.13. The zero-order valence-electron chi connectivity index (χ0n) is 12.8. The maximum atomic E-state index is 13.1. The first-order valence-electron chi connectivity index (χ1n) is 7.47. The Balaban J connectivity index is 2.19. The summed E-state index contributed by atoms with van der Waals surface area (Å²) in [4.78, 5) is 25.2. The van der Waals surface area contributed by atoms with Gasteiger partial charge in [0.2, 0.25) is 0 Å². The van der Waals surface area contributed by atoms with Crippen LogP contribution >= 0.6 is 0 Å². The first-order chi connectivity index (χ1) is 10.4. The fourth-order valence-corrected chi connectivity index (χ4v) is 3.42. The zero-order chi connectivity index (χ0) is 15.9. The van der Waals surface area contributed by atoms with Gasteiger partial charge in [0.05, 0.1) is 0 Å². The fraction of sp³-hybridized carbons (Fsp3) is 0.333. The van der Waals surface area contributed by atoms with Gasteiger partial charge in [0.1, 0.15) is 0 Å². The van der Waals surface area contributed by atoms with Crippen molar-refractivity contribution in [2.45, 2.75) is 38.6 Å². The highest BCUT2D eigenvalue weighted by molar-refractivity contribution is 6.16. The molecule has 2 heterocycles. The first kappa shape index (κ1) is 14.6.